The molecule has 0 saturated heterocycles. The van der Waals surface area contributed by atoms with E-state index in [1.165, 1.54) is 10.5 Å². The molecule has 0 aliphatic carbocycles. The standard InChI is InChI=1S/C25H28N2O3/c1-16(2)15-27-24(28)22(19-9-11-20(12-10-19)30-17(3)4)23(25(27)29)26-14-13-18-7-5-6-8-21(18)26/h5-12,16-17H,13-15H2,1-4H3. The average molecular weight is 405 g/mol. The van der Waals surface area contributed by atoms with Gasteiger partial charge in [0.1, 0.15) is 11.4 Å². The van der Waals surface area contributed by atoms with Gasteiger partial charge >= 0.3 is 0 Å². The SMILES string of the molecule is CC(C)CN1C(=O)C(c2ccc(OC(C)C)cc2)=C(N2CCc3ccccc32)C1=O. The first-order valence-electron chi connectivity index (χ1n) is 10.6. The van der Waals surface area contributed by atoms with Gasteiger partial charge in [0.25, 0.3) is 11.8 Å². The van der Waals surface area contributed by atoms with E-state index >= 15 is 0 Å². The van der Waals surface area contributed by atoms with E-state index in [0.717, 1.165) is 23.4 Å². The molecule has 0 radical (unpaired) electrons. The van der Waals surface area contributed by atoms with Crippen LogP contribution in [0.3, 0.4) is 0 Å². The van der Waals surface area contributed by atoms with Crippen molar-refractivity contribution in [2.45, 2.75) is 40.2 Å². The van der Waals surface area contributed by atoms with Crippen molar-refractivity contribution < 1.29 is 14.3 Å². The van der Waals surface area contributed by atoms with Crippen molar-refractivity contribution in [1.29, 1.82) is 0 Å². The molecule has 5 nitrogen and oxygen atoms in total. The van der Waals surface area contributed by atoms with E-state index in [9.17, 15) is 9.59 Å². The van der Waals surface area contributed by atoms with E-state index in [1.807, 2.05) is 75.1 Å². The molecule has 5 heteroatoms. The summed E-state index contributed by atoms with van der Waals surface area (Å²) >= 11 is 0. The fourth-order valence-corrected chi connectivity index (χ4v) is 4.15. The zero-order valence-electron chi connectivity index (χ0n) is 18.0. The number of amides is 2. The third kappa shape index (κ3) is 3.60. The maximum absolute atomic E-state index is 13.4. The molecule has 2 aliphatic rings. The highest BCUT2D eigenvalue weighted by Gasteiger charge is 2.43. The van der Waals surface area contributed by atoms with Gasteiger partial charge in [0.15, 0.2) is 0 Å². The molecule has 0 saturated carbocycles. The number of anilines is 1. The zero-order valence-corrected chi connectivity index (χ0v) is 18.0. The van der Waals surface area contributed by atoms with Crippen molar-refractivity contribution >= 4 is 23.1 Å². The van der Waals surface area contributed by atoms with Gasteiger partial charge in [-0.25, -0.2) is 0 Å². The molecule has 0 atom stereocenters. The Morgan fingerprint density at radius 1 is 0.933 bits per heavy atom. The number of hydrogen-bond acceptors (Lipinski definition) is 4. The summed E-state index contributed by atoms with van der Waals surface area (Å²) in [7, 11) is 0. The van der Waals surface area contributed by atoms with E-state index in [1.54, 1.807) is 0 Å². The van der Waals surface area contributed by atoms with E-state index in [4.69, 9.17) is 4.74 Å². The second-order valence-corrected chi connectivity index (χ2v) is 8.56. The molecular weight excluding hydrogens is 376 g/mol. The Morgan fingerprint density at radius 3 is 2.30 bits per heavy atom. The molecule has 0 unspecified atom stereocenters. The molecule has 2 aromatic carbocycles. The van der Waals surface area contributed by atoms with Gasteiger partial charge in [0, 0.05) is 18.8 Å². The van der Waals surface area contributed by atoms with Crippen LogP contribution in [0.1, 0.15) is 38.8 Å². The first-order chi connectivity index (χ1) is 14.4. The first kappa shape index (κ1) is 20.2. The number of hydrogen-bond donors (Lipinski definition) is 0. The minimum Gasteiger partial charge on any atom is -0.491 e. The third-order valence-electron chi connectivity index (χ3n) is 5.36. The van der Waals surface area contributed by atoms with Crippen LogP contribution in [0.2, 0.25) is 0 Å². The maximum Gasteiger partial charge on any atom is 0.278 e. The minimum atomic E-state index is -0.217. The van der Waals surface area contributed by atoms with Crippen LogP contribution >= 0.6 is 0 Å². The Bertz CT molecular complexity index is 1010. The highest BCUT2D eigenvalue weighted by atomic mass is 16.5. The molecule has 2 heterocycles. The number of para-hydroxylation sites is 1. The molecule has 0 fully saturated rings. The van der Waals surface area contributed by atoms with E-state index in [0.29, 0.717) is 24.4 Å². The van der Waals surface area contributed by atoms with Gasteiger partial charge in [-0.1, -0.05) is 44.2 Å². The summed E-state index contributed by atoms with van der Waals surface area (Å²) in [6, 6.07) is 15.6. The number of imide groups is 1. The Morgan fingerprint density at radius 2 is 1.63 bits per heavy atom. The average Bonchev–Trinajstić information content (AvgIpc) is 3.22. The van der Waals surface area contributed by atoms with Crippen LogP contribution in [-0.2, 0) is 16.0 Å². The number of ether oxygens (including phenoxy) is 1. The molecule has 4 rings (SSSR count). The molecule has 2 aliphatic heterocycles. The lowest BCUT2D eigenvalue weighted by molar-refractivity contribution is -0.137. The number of nitrogens with zero attached hydrogens (tertiary/aromatic N) is 2. The predicted molar refractivity (Wildman–Crippen MR) is 118 cm³/mol. The number of carbonyl (C=O) groups excluding carboxylic acids is 2. The Hall–Kier alpha value is -3.08. The Kier molecular flexibility index (Phi) is 5.37. The fourth-order valence-electron chi connectivity index (χ4n) is 4.15. The monoisotopic (exact) mass is 404 g/mol. The second kappa shape index (κ2) is 7.98. The molecule has 0 N–H and O–H groups in total. The Labute approximate surface area is 177 Å². The van der Waals surface area contributed by atoms with Gasteiger partial charge in [-0.05, 0) is 55.5 Å². The maximum atomic E-state index is 13.4. The Balaban J connectivity index is 1.79. The van der Waals surface area contributed by atoms with Crippen LogP contribution in [0.25, 0.3) is 5.57 Å². The summed E-state index contributed by atoms with van der Waals surface area (Å²) in [5, 5.41) is 0. The quantitative estimate of drug-likeness (QED) is 0.675. The van der Waals surface area contributed by atoms with E-state index in [2.05, 4.69) is 6.07 Å². The summed E-state index contributed by atoms with van der Waals surface area (Å²) in [5.41, 5.74) is 3.93. The van der Waals surface area contributed by atoms with Crippen LogP contribution in [0, 0.1) is 5.92 Å². The van der Waals surface area contributed by atoms with Gasteiger partial charge in [-0.15, -0.1) is 0 Å². The van der Waals surface area contributed by atoms with Gasteiger partial charge in [-0.2, -0.15) is 0 Å². The van der Waals surface area contributed by atoms with E-state index in [-0.39, 0.29) is 23.8 Å². The lowest BCUT2D eigenvalue weighted by Gasteiger charge is -2.22. The van der Waals surface area contributed by atoms with Gasteiger partial charge < -0.3 is 9.64 Å². The number of fused-ring (bicyclic) bond motifs is 1. The van der Waals surface area contributed by atoms with Crippen LogP contribution in [-0.4, -0.2) is 35.9 Å². The normalized spacial score (nSPS) is 16.3. The molecular formula is C25H28N2O3. The molecule has 2 aromatic rings. The molecule has 2 amide bonds. The van der Waals surface area contributed by atoms with Gasteiger partial charge in [-0.3, -0.25) is 14.5 Å². The zero-order chi connectivity index (χ0) is 21.4. The fraction of sp³-hybridized carbons (Fsp3) is 0.360. The third-order valence-corrected chi connectivity index (χ3v) is 5.36. The van der Waals surface area contributed by atoms with Gasteiger partial charge in [0.2, 0.25) is 0 Å². The number of rotatable bonds is 6. The molecule has 0 bridgehead atoms. The molecule has 30 heavy (non-hydrogen) atoms. The number of benzene rings is 2. The molecule has 156 valence electrons. The van der Waals surface area contributed by atoms with Crippen molar-refractivity contribution in [3.63, 3.8) is 0 Å². The topological polar surface area (TPSA) is 49.9 Å². The van der Waals surface area contributed by atoms with Crippen LogP contribution in [0.15, 0.2) is 54.2 Å². The summed E-state index contributed by atoms with van der Waals surface area (Å²) < 4.78 is 5.74. The minimum absolute atomic E-state index is 0.0722. The highest BCUT2D eigenvalue weighted by Crippen LogP contribution is 2.39. The molecule has 0 spiro atoms. The predicted octanol–water partition coefficient (Wildman–Crippen LogP) is 4.27. The smallest absolute Gasteiger partial charge is 0.278 e. The van der Waals surface area contributed by atoms with Crippen LogP contribution in [0.4, 0.5) is 5.69 Å². The largest absolute Gasteiger partial charge is 0.491 e. The molecule has 0 aromatic heterocycles. The highest BCUT2D eigenvalue weighted by molar-refractivity contribution is 6.36. The summed E-state index contributed by atoms with van der Waals surface area (Å²) in [5.74, 6) is 0.526. The summed E-state index contributed by atoms with van der Waals surface area (Å²) in [6.45, 7) is 9.09. The summed E-state index contributed by atoms with van der Waals surface area (Å²) in [6.07, 6.45) is 0.933. The van der Waals surface area contributed by atoms with Crippen molar-refractivity contribution in [2.75, 3.05) is 18.0 Å². The lowest BCUT2D eigenvalue weighted by Crippen LogP contribution is -2.37. The van der Waals surface area contributed by atoms with Crippen molar-refractivity contribution in [3.8, 4) is 5.75 Å². The van der Waals surface area contributed by atoms with Crippen molar-refractivity contribution in [1.82, 2.24) is 4.90 Å². The van der Waals surface area contributed by atoms with Crippen LogP contribution < -0.4 is 9.64 Å². The summed E-state index contributed by atoms with van der Waals surface area (Å²) in [4.78, 5) is 30.2. The van der Waals surface area contributed by atoms with Crippen molar-refractivity contribution in [2.24, 2.45) is 5.92 Å². The van der Waals surface area contributed by atoms with E-state index < -0.39 is 0 Å². The van der Waals surface area contributed by atoms with Crippen LogP contribution in [0.5, 0.6) is 5.75 Å². The first-order valence-corrected chi connectivity index (χ1v) is 10.6. The lowest BCUT2D eigenvalue weighted by atomic mass is 10.0. The second-order valence-electron chi connectivity index (χ2n) is 8.56. The number of carbonyl (C=O) groups is 2. The van der Waals surface area contributed by atoms with Gasteiger partial charge in [0.05, 0.1) is 11.7 Å². The van der Waals surface area contributed by atoms with Crippen molar-refractivity contribution in [3.05, 3.63) is 65.4 Å².